The first-order valence-electron chi connectivity index (χ1n) is 5.58. The molecule has 0 aliphatic rings. The van der Waals surface area contributed by atoms with Crippen LogP contribution in [0.25, 0.3) is 0 Å². The molecule has 0 aliphatic carbocycles. The monoisotopic (exact) mass is 274 g/mol. The fourth-order valence-electron chi connectivity index (χ4n) is 1.28. The molecule has 0 unspecified atom stereocenters. The molecule has 0 atom stereocenters. The Hall–Kier alpha value is -1.30. The normalized spacial score (nSPS) is 12.3. The predicted octanol–water partition coefficient (Wildman–Crippen LogP) is 2.66. The topological polar surface area (TPSA) is 58.2 Å². The van der Waals surface area contributed by atoms with Crippen molar-refractivity contribution in [2.45, 2.75) is 20.8 Å². The lowest BCUT2D eigenvalue weighted by Gasteiger charge is -2.20. The number of halogens is 1. The van der Waals surface area contributed by atoms with Gasteiger partial charge in [-0.2, -0.15) is 0 Å². The first kappa shape index (κ1) is 14.8. The fourth-order valence-corrected chi connectivity index (χ4v) is 1.84. The lowest BCUT2D eigenvalue weighted by Crippen LogP contribution is -2.19. The van der Waals surface area contributed by atoms with E-state index >= 15 is 0 Å². The van der Waals surface area contributed by atoms with Crippen LogP contribution in [-0.4, -0.2) is 21.2 Å². The van der Waals surface area contributed by atoms with Crippen LogP contribution in [0.15, 0.2) is 18.2 Å². The van der Waals surface area contributed by atoms with Crippen LogP contribution in [0.5, 0.6) is 0 Å². The lowest BCUT2D eigenvalue weighted by molar-refractivity contribution is 0.443. The van der Waals surface area contributed by atoms with Gasteiger partial charge in [0.2, 0.25) is 10.0 Å². The minimum atomic E-state index is -3.48. The maximum Gasteiger partial charge on any atom is 0.229 e. The molecule has 1 aromatic rings. The van der Waals surface area contributed by atoms with E-state index in [1.165, 1.54) is 12.1 Å². The summed E-state index contributed by atoms with van der Waals surface area (Å²) in [4.78, 5) is 0. The quantitative estimate of drug-likeness (QED) is 0.887. The van der Waals surface area contributed by atoms with Crippen LogP contribution in [0.4, 0.5) is 15.8 Å². The summed E-state index contributed by atoms with van der Waals surface area (Å²) >= 11 is 0. The van der Waals surface area contributed by atoms with Crippen LogP contribution in [0.3, 0.4) is 0 Å². The van der Waals surface area contributed by atoms with Gasteiger partial charge in [0.15, 0.2) is 0 Å². The molecular formula is C12H19FN2O2S. The van der Waals surface area contributed by atoms with Crippen molar-refractivity contribution in [2.75, 3.05) is 22.8 Å². The van der Waals surface area contributed by atoms with E-state index < -0.39 is 15.8 Å². The van der Waals surface area contributed by atoms with E-state index in [2.05, 4.69) is 30.8 Å². The van der Waals surface area contributed by atoms with E-state index in [-0.39, 0.29) is 11.1 Å². The SMILES string of the molecule is CC(C)(C)CNc1ccc(F)c(NS(C)(=O)=O)c1. The van der Waals surface area contributed by atoms with Crippen molar-refractivity contribution in [3.05, 3.63) is 24.0 Å². The second kappa shape index (κ2) is 5.14. The molecule has 6 heteroatoms. The minimum Gasteiger partial charge on any atom is -0.384 e. The molecule has 4 nitrogen and oxygen atoms in total. The van der Waals surface area contributed by atoms with E-state index in [9.17, 15) is 12.8 Å². The summed E-state index contributed by atoms with van der Waals surface area (Å²) in [6, 6.07) is 4.26. The molecule has 0 spiro atoms. The molecule has 0 bridgehead atoms. The van der Waals surface area contributed by atoms with Crippen LogP contribution in [-0.2, 0) is 10.0 Å². The summed E-state index contributed by atoms with van der Waals surface area (Å²) in [5.41, 5.74) is 0.715. The molecule has 0 aromatic heterocycles. The van der Waals surface area contributed by atoms with Gasteiger partial charge in [0.05, 0.1) is 11.9 Å². The number of hydrogen-bond acceptors (Lipinski definition) is 3. The zero-order valence-corrected chi connectivity index (χ0v) is 11.9. The molecule has 2 N–H and O–H groups in total. The van der Waals surface area contributed by atoms with Gasteiger partial charge in [-0.05, 0) is 23.6 Å². The first-order chi connectivity index (χ1) is 8.07. The largest absolute Gasteiger partial charge is 0.384 e. The Morgan fingerprint density at radius 1 is 1.28 bits per heavy atom. The maximum atomic E-state index is 13.4. The van der Waals surface area contributed by atoms with Crippen molar-refractivity contribution in [1.29, 1.82) is 0 Å². The Bertz CT molecular complexity index is 521. The van der Waals surface area contributed by atoms with Gasteiger partial charge in [0, 0.05) is 12.2 Å². The summed E-state index contributed by atoms with van der Waals surface area (Å²) in [5, 5.41) is 3.14. The van der Waals surface area contributed by atoms with Gasteiger partial charge >= 0.3 is 0 Å². The fraction of sp³-hybridized carbons (Fsp3) is 0.500. The molecule has 1 aromatic carbocycles. The second-order valence-electron chi connectivity index (χ2n) is 5.48. The van der Waals surface area contributed by atoms with Crippen LogP contribution < -0.4 is 10.0 Å². The maximum absolute atomic E-state index is 13.4. The predicted molar refractivity (Wildman–Crippen MR) is 72.8 cm³/mol. The van der Waals surface area contributed by atoms with Crippen LogP contribution in [0, 0.1) is 11.2 Å². The highest BCUT2D eigenvalue weighted by atomic mass is 32.2. The smallest absolute Gasteiger partial charge is 0.229 e. The van der Waals surface area contributed by atoms with Crippen molar-refractivity contribution in [1.82, 2.24) is 0 Å². The molecule has 0 saturated heterocycles. The highest BCUT2D eigenvalue weighted by Crippen LogP contribution is 2.22. The zero-order valence-electron chi connectivity index (χ0n) is 11.0. The summed E-state index contributed by atoms with van der Waals surface area (Å²) in [7, 11) is -3.48. The Morgan fingerprint density at radius 3 is 2.39 bits per heavy atom. The third-order valence-electron chi connectivity index (χ3n) is 2.08. The molecular weight excluding hydrogens is 255 g/mol. The van der Waals surface area contributed by atoms with Gasteiger partial charge in [0.25, 0.3) is 0 Å². The number of nitrogens with one attached hydrogen (secondary N) is 2. The molecule has 0 aliphatic heterocycles. The highest BCUT2D eigenvalue weighted by Gasteiger charge is 2.11. The molecule has 0 heterocycles. The van der Waals surface area contributed by atoms with E-state index in [0.29, 0.717) is 12.2 Å². The average Bonchev–Trinajstić information content (AvgIpc) is 2.16. The van der Waals surface area contributed by atoms with E-state index in [0.717, 1.165) is 6.26 Å². The van der Waals surface area contributed by atoms with Crippen molar-refractivity contribution in [3.63, 3.8) is 0 Å². The van der Waals surface area contributed by atoms with Crippen LogP contribution in [0.2, 0.25) is 0 Å². The zero-order chi connectivity index (χ0) is 14.0. The van der Waals surface area contributed by atoms with E-state index in [4.69, 9.17) is 0 Å². The lowest BCUT2D eigenvalue weighted by atomic mass is 9.97. The van der Waals surface area contributed by atoms with Crippen LogP contribution in [0.1, 0.15) is 20.8 Å². The van der Waals surface area contributed by atoms with Gasteiger partial charge < -0.3 is 5.32 Å². The van der Waals surface area contributed by atoms with E-state index in [1.807, 2.05) is 0 Å². The Labute approximate surface area is 108 Å². The van der Waals surface area contributed by atoms with Gasteiger partial charge in [-0.3, -0.25) is 4.72 Å². The number of anilines is 2. The number of hydrogen-bond donors (Lipinski definition) is 2. The molecule has 0 saturated carbocycles. The van der Waals surface area contributed by atoms with Crippen molar-refractivity contribution < 1.29 is 12.8 Å². The molecule has 0 amide bonds. The minimum absolute atomic E-state index is 0.0450. The first-order valence-corrected chi connectivity index (χ1v) is 7.47. The van der Waals surface area contributed by atoms with Crippen molar-refractivity contribution in [2.24, 2.45) is 5.41 Å². The summed E-state index contributed by atoms with van der Waals surface area (Å²) in [6.07, 6.45) is 0.988. The molecule has 0 radical (unpaired) electrons. The summed E-state index contributed by atoms with van der Waals surface area (Å²) < 4.78 is 37.7. The van der Waals surface area contributed by atoms with E-state index in [1.54, 1.807) is 6.07 Å². The number of benzene rings is 1. The van der Waals surface area contributed by atoms with Gasteiger partial charge in [-0.25, -0.2) is 12.8 Å². The molecule has 0 fully saturated rings. The van der Waals surface area contributed by atoms with Crippen molar-refractivity contribution in [3.8, 4) is 0 Å². The average molecular weight is 274 g/mol. The van der Waals surface area contributed by atoms with Gasteiger partial charge in [0.1, 0.15) is 5.82 Å². The van der Waals surface area contributed by atoms with Gasteiger partial charge in [-0.15, -0.1) is 0 Å². The Morgan fingerprint density at radius 2 is 1.89 bits per heavy atom. The number of rotatable bonds is 4. The molecule has 102 valence electrons. The molecule has 18 heavy (non-hydrogen) atoms. The third kappa shape index (κ3) is 5.35. The standard InChI is InChI=1S/C12H19FN2O2S/c1-12(2,3)8-14-9-5-6-10(13)11(7-9)15-18(4,16)17/h5-7,14-15H,8H2,1-4H3. The van der Waals surface area contributed by atoms with Crippen molar-refractivity contribution >= 4 is 21.4 Å². The Balaban J connectivity index is 2.87. The number of sulfonamides is 1. The Kier molecular flexibility index (Phi) is 4.21. The van der Waals surface area contributed by atoms with Crippen LogP contribution >= 0.6 is 0 Å². The third-order valence-corrected chi connectivity index (χ3v) is 2.68. The summed E-state index contributed by atoms with van der Waals surface area (Å²) in [6.45, 7) is 6.91. The van der Waals surface area contributed by atoms with Gasteiger partial charge in [-0.1, -0.05) is 20.8 Å². The summed E-state index contributed by atoms with van der Waals surface area (Å²) in [5.74, 6) is -0.596. The molecule has 1 rings (SSSR count). The highest BCUT2D eigenvalue weighted by molar-refractivity contribution is 7.92. The second-order valence-corrected chi connectivity index (χ2v) is 7.23.